The average molecular weight is 199 g/mol. The summed E-state index contributed by atoms with van der Waals surface area (Å²) in [6.07, 6.45) is -4.18. The molecule has 0 atom stereocenters. The van der Waals surface area contributed by atoms with Crippen molar-refractivity contribution in [3.63, 3.8) is 0 Å². The fourth-order valence-electron chi connectivity index (χ4n) is 0.900. The summed E-state index contributed by atoms with van der Waals surface area (Å²) < 4.78 is 36.4. The summed E-state index contributed by atoms with van der Waals surface area (Å²) in [5.74, 6) is 0. The van der Waals surface area contributed by atoms with Crippen LogP contribution in [0.3, 0.4) is 0 Å². The van der Waals surface area contributed by atoms with Crippen LogP contribution in [0.1, 0.15) is 18.2 Å². The van der Waals surface area contributed by atoms with Crippen molar-refractivity contribution in [1.82, 2.24) is 10.2 Å². The molecule has 1 heterocycles. The molecular weight excluding hydrogens is 193 g/mol. The second-order valence-corrected chi connectivity index (χ2v) is 2.58. The lowest BCUT2D eigenvalue weighted by atomic mass is 10.2. The Bertz CT molecular complexity index is 279. The molecule has 0 saturated carbocycles. The standard InChI is InChI=1S/C6H6ClF3N2/c1-2-3-4(6(8,9)10)11-12-5(3)7/h2H2,1H3,(H,11,12). The predicted molar refractivity (Wildman–Crippen MR) is 38.0 cm³/mol. The number of H-pyrrole nitrogens is 1. The number of rotatable bonds is 1. The first-order valence-corrected chi connectivity index (χ1v) is 3.64. The number of hydrogen-bond acceptors (Lipinski definition) is 1. The van der Waals surface area contributed by atoms with Crippen molar-refractivity contribution in [3.05, 3.63) is 16.4 Å². The average Bonchev–Trinajstić information content (AvgIpc) is 2.29. The van der Waals surface area contributed by atoms with Crippen LogP contribution in [-0.2, 0) is 12.6 Å². The number of hydrogen-bond donors (Lipinski definition) is 1. The second kappa shape index (κ2) is 2.97. The number of aromatic amines is 1. The maximum Gasteiger partial charge on any atom is 0.433 e. The molecular formula is C6H6ClF3N2. The van der Waals surface area contributed by atoms with Crippen LogP contribution in [0.15, 0.2) is 0 Å². The van der Waals surface area contributed by atoms with Gasteiger partial charge in [0.25, 0.3) is 0 Å². The van der Waals surface area contributed by atoms with Gasteiger partial charge in [0.05, 0.1) is 0 Å². The van der Waals surface area contributed by atoms with Crippen molar-refractivity contribution in [3.8, 4) is 0 Å². The Morgan fingerprint density at radius 3 is 2.42 bits per heavy atom. The van der Waals surface area contributed by atoms with E-state index in [2.05, 4.69) is 5.10 Å². The SMILES string of the molecule is CCc1c(Cl)n[nH]c1C(F)(F)F. The first kappa shape index (κ1) is 9.38. The number of alkyl halides is 3. The predicted octanol–water partition coefficient (Wildman–Crippen LogP) is 2.64. The third kappa shape index (κ3) is 1.55. The molecule has 1 N–H and O–H groups in total. The molecule has 0 fully saturated rings. The molecule has 12 heavy (non-hydrogen) atoms. The highest BCUT2D eigenvalue weighted by Gasteiger charge is 2.36. The van der Waals surface area contributed by atoms with Gasteiger partial charge in [0.15, 0.2) is 5.15 Å². The number of halogens is 4. The van der Waals surface area contributed by atoms with Gasteiger partial charge in [-0.05, 0) is 6.42 Å². The van der Waals surface area contributed by atoms with E-state index in [-0.39, 0.29) is 17.1 Å². The van der Waals surface area contributed by atoms with Crippen LogP contribution in [0.5, 0.6) is 0 Å². The Morgan fingerprint density at radius 2 is 2.08 bits per heavy atom. The van der Waals surface area contributed by atoms with E-state index < -0.39 is 11.9 Å². The summed E-state index contributed by atoms with van der Waals surface area (Å²) in [4.78, 5) is 0. The minimum atomic E-state index is -4.40. The smallest absolute Gasteiger partial charge is 0.272 e. The summed E-state index contributed by atoms with van der Waals surface area (Å²) in [6.45, 7) is 1.59. The maximum atomic E-state index is 12.1. The van der Waals surface area contributed by atoms with E-state index in [1.807, 2.05) is 5.10 Å². The Balaban J connectivity index is 3.16. The van der Waals surface area contributed by atoms with Gasteiger partial charge in [-0.3, -0.25) is 5.10 Å². The van der Waals surface area contributed by atoms with Crippen LogP contribution in [0, 0.1) is 0 Å². The van der Waals surface area contributed by atoms with Crippen LogP contribution >= 0.6 is 11.6 Å². The molecule has 2 nitrogen and oxygen atoms in total. The summed E-state index contributed by atoms with van der Waals surface area (Å²) >= 11 is 5.41. The molecule has 0 aliphatic carbocycles. The highest BCUT2D eigenvalue weighted by atomic mass is 35.5. The van der Waals surface area contributed by atoms with Crippen molar-refractivity contribution in [1.29, 1.82) is 0 Å². The van der Waals surface area contributed by atoms with Gasteiger partial charge in [-0.25, -0.2) is 0 Å². The molecule has 1 aromatic rings. The zero-order valence-corrected chi connectivity index (χ0v) is 6.92. The quantitative estimate of drug-likeness (QED) is 0.739. The number of nitrogens with one attached hydrogen (secondary N) is 1. The van der Waals surface area contributed by atoms with E-state index in [0.29, 0.717) is 0 Å². The number of aromatic nitrogens is 2. The van der Waals surface area contributed by atoms with Gasteiger partial charge in [-0.2, -0.15) is 18.3 Å². The van der Waals surface area contributed by atoms with E-state index in [1.165, 1.54) is 0 Å². The van der Waals surface area contributed by atoms with Gasteiger partial charge in [0.2, 0.25) is 0 Å². The topological polar surface area (TPSA) is 28.7 Å². The van der Waals surface area contributed by atoms with Gasteiger partial charge in [0.1, 0.15) is 5.69 Å². The molecule has 6 heteroatoms. The van der Waals surface area contributed by atoms with Crippen molar-refractivity contribution in [2.24, 2.45) is 0 Å². The molecule has 0 radical (unpaired) electrons. The summed E-state index contributed by atoms with van der Waals surface area (Å²) in [5, 5.41) is 5.03. The largest absolute Gasteiger partial charge is 0.433 e. The van der Waals surface area contributed by atoms with E-state index in [1.54, 1.807) is 6.92 Å². The first-order chi connectivity index (χ1) is 5.46. The van der Waals surface area contributed by atoms with Crippen molar-refractivity contribution < 1.29 is 13.2 Å². The molecule has 0 aliphatic heterocycles. The Hall–Kier alpha value is -0.710. The maximum absolute atomic E-state index is 12.1. The van der Waals surface area contributed by atoms with Gasteiger partial charge in [0, 0.05) is 5.56 Å². The molecule has 0 aromatic carbocycles. The summed E-state index contributed by atoms with van der Waals surface area (Å²) in [5.41, 5.74) is -0.834. The minimum absolute atomic E-state index is 0.0177. The van der Waals surface area contributed by atoms with Crippen LogP contribution < -0.4 is 0 Å². The third-order valence-corrected chi connectivity index (χ3v) is 1.77. The fourth-order valence-corrected chi connectivity index (χ4v) is 1.17. The fraction of sp³-hybridized carbons (Fsp3) is 0.500. The molecule has 0 aliphatic rings. The Labute approximate surface area is 71.7 Å². The summed E-state index contributed by atoms with van der Waals surface area (Å²) in [6, 6.07) is 0. The van der Waals surface area contributed by atoms with Crippen molar-refractivity contribution in [2.75, 3.05) is 0 Å². The zero-order valence-electron chi connectivity index (χ0n) is 6.17. The van der Waals surface area contributed by atoms with Gasteiger partial charge < -0.3 is 0 Å². The second-order valence-electron chi connectivity index (χ2n) is 2.22. The van der Waals surface area contributed by atoms with E-state index >= 15 is 0 Å². The van der Waals surface area contributed by atoms with E-state index in [0.717, 1.165) is 0 Å². The lowest BCUT2D eigenvalue weighted by Gasteiger charge is -2.04. The lowest BCUT2D eigenvalue weighted by Crippen LogP contribution is -2.08. The molecule has 0 spiro atoms. The number of nitrogens with zero attached hydrogens (tertiary/aromatic N) is 1. The first-order valence-electron chi connectivity index (χ1n) is 3.26. The zero-order chi connectivity index (χ0) is 9.35. The molecule has 0 unspecified atom stereocenters. The Kier molecular flexibility index (Phi) is 2.32. The summed E-state index contributed by atoms with van der Waals surface area (Å²) in [7, 11) is 0. The molecule has 0 amide bonds. The van der Waals surface area contributed by atoms with E-state index in [4.69, 9.17) is 11.6 Å². The van der Waals surface area contributed by atoms with E-state index in [9.17, 15) is 13.2 Å². The molecule has 0 bridgehead atoms. The third-order valence-electron chi connectivity index (χ3n) is 1.45. The molecule has 0 saturated heterocycles. The van der Waals surface area contributed by atoms with Crippen LogP contribution in [0.25, 0.3) is 0 Å². The molecule has 68 valence electrons. The van der Waals surface area contributed by atoms with Gasteiger partial charge in [-0.15, -0.1) is 0 Å². The van der Waals surface area contributed by atoms with Gasteiger partial charge >= 0.3 is 6.18 Å². The Morgan fingerprint density at radius 1 is 1.50 bits per heavy atom. The highest BCUT2D eigenvalue weighted by molar-refractivity contribution is 6.30. The van der Waals surface area contributed by atoms with Crippen molar-refractivity contribution >= 4 is 11.6 Å². The monoisotopic (exact) mass is 198 g/mol. The minimum Gasteiger partial charge on any atom is -0.272 e. The highest BCUT2D eigenvalue weighted by Crippen LogP contribution is 2.33. The molecule has 1 aromatic heterocycles. The van der Waals surface area contributed by atoms with Crippen LogP contribution in [0.4, 0.5) is 13.2 Å². The molecule has 1 rings (SSSR count). The lowest BCUT2D eigenvalue weighted by molar-refractivity contribution is -0.141. The van der Waals surface area contributed by atoms with Crippen molar-refractivity contribution in [2.45, 2.75) is 19.5 Å². The van der Waals surface area contributed by atoms with Crippen LogP contribution in [-0.4, -0.2) is 10.2 Å². The van der Waals surface area contributed by atoms with Gasteiger partial charge in [-0.1, -0.05) is 18.5 Å². The van der Waals surface area contributed by atoms with Crippen LogP contribution in [0.2, 0.25) is 5.15 Å². The normalized spacial score (nSPS) is 12.1.